The molecule has 0 aliphatic carbocycles. The summed E-state index contributed by atoms with van der Waals surface area (Å²) in [6.07, 6.45) is 0. The largest absolute Gasteiger partial charge is 0.486 e. The minimum absolute atomic E-state index is 0.0568. The van der Waals surface area contributed by atoms with Gasteiger partial charge in [0.15, 0.2) is 11.6 Å². The lowest BCUT2D eigenvalue weighted by molar-refractivity contribution is 0.0691. The van der Waals surface area contributed by atoms with E-state index >= 15 is 0 Å². The maximum absolute atomic E-state index is 13.6. The lowest BCUT2D eigenvalue weighted by Crippen LogP contribution is -2.04. The first-order valence-electron chi connectivity index (χ1n) is 5.57. The van der Waals surface area contributed by atoms with Gasteiger partial charge >= 0.3 is 5.97 Å². The fraction of sp³-hybridized carbons (Fsp3) is 0.0714. The molecule has 0 saturated carbocycles. The van der Waals surface area contributed by atoms with Gasteiger partial charge in [-0.25, -0.2) is 13.6 Å². The summed E-state index contributed by atoms with van der Waals surface area (Å²) in [4.78, 5) is 10.8. The van der Waals surface area contributed by atoms with Crippen molar-refractivity contribution >= 4 is 17.6 Å². The molecule has 3 nitrogen and oxygen atoms in total. The Bertz CT molecular complexity index is 659. The van der Waals surface area contributed by atoms with E-state index in [4.69, 9.17) is 21.4 Å². The summed E-state index contributed by atoms with van der Waals surface area (Å²) in [5, 5.41) is 8.72. The van der Waals surface area contributed by atoms with Crippen LogP contribution in [0.4, 0.5) is 8.78 Å². The summed E-state index contributed by atoms with van der Waals surface area (Å²) in [5.74, 6) is -2.97. The normalized spacial score (nSPS) is 10.3. The van der Waals surface area contributed by atoms with Crippen molar-refractivity contribution in [3.63, 3.8) is 0 Å². The molecule has 0 bridgehead atoms. The van der Waals surface area contributed by atoms with Gasteiger partial charge in [0.05, 0.1) is 10.6 Å². The molecule has 6 heteroatoms. The van der Waals surface area contributed by atoms with E-state index in [0.717, 1.165) is 12.1 Å². The minimum Gasteiger partial charge on any atom is -0.486 e. The van der Waals surface area contributed by atoms with E-state index in [1.165, 1.54) is 24.3 Å². The molecule has 0 unspecified atom stereocenters. The summed E-state index contributed by atoms with van der Waals surface area (Å²) < 4.78 is 32.0. The third-order valence-corrected chi connectivity index (χ3v) is 2.86. The number of hydrogen-bond acceptors (Lipinski definition) is 2. The van der Waals surface area contributed by atoms with Gasteiger partial charge in [0.2, 0.25) is 0 Å². The van der Waals surface area contributed by atoms with Crippen LogP contribution in [0.3, 0.4) is 0 Å². The Morgan fingerprint density at radius 3 is 2.70 bits per heavy atom. The van der Waals surface area contributed by atoms with Crippen LogP contribution in [-0.2, 0) is 6.61 Å². The zero-order valence-corrected chi connectivity index (χ0v) is 10.8. The van der Waals surface area contributed by atoms with E-state index < -0.39 is 23.2 Å². The predicted octanol–water partition coefficient (Wildman–Crippen LogP) is 3.90. The molecule has 0 spiro atoms. The van der Waals surface area contributed by atoms with Crippen molar-refractivity contribution in [3.05, 3.63) is 64.2 Å². The van der Waals surface area contributed by atoms with Gasteiger partial charge in [0, 0.05) is 0 Å². The molecule has 0 heterocycles. The van der Waals surface area contributed by atoms with Crippen LogP contribution < -0.4 is 4.74 Å². The standard InChI is InChI=1S/C14H9ClF2O3/c15-10-2-1-3-12(13(10)17)20-7-8-4-5-11(16)9(6-8)14(18)19/h1-6H,7H2,(H,18,19). The van der Waals surface area contributed by atoms with Crippen LogP contribution >= 0.6 is 11.6 Å². The molecule has 0 aliphatic heterocycles. The van der Waals surface area contributed by atoms with Crippen molar-refractivity contribution in [2.24, 2.45) is 0 Å². The maximum Gasteiger partial charge on any atom is 0.338 e. The number of carbonyl (C=O) groups is 1. The molecule has 0 saturated heterocycles. The molecule has 104 valence electrons. The van der Waals surface area contributed by atoms with Crippen LogP contribution in [0.25, 0.3) is 0 Å². The molecule has 2 aromatic carbocycles. The van der Waals surface area contributed by atoms with Crippen molar-refractivity contribution in [1.29, 1.82) is 0 Å². The van der Waals surface area contributed by atoms with E-state index in [0.29, 0.717) is 5.56 Å². The third kappa shape index (κ3) is 3.05. The summed E-state index contributed by atoms with van der Waals surface area (Å²) in [5.41, 5.74) is -0.0548. The Kier molecular flexibility index (Phi) is 4.20. The molecule has 0 amide bonds. The fourth-order valence-corrected chi connectivity index (χ4v) is 1.75. The second-order valence-electron chi connectivity index (χ2n) is 3.96. The zero-order chi connectivity index (χ0) is 14.7. The van der Waals surface area contributed by atoms with Gasteiger partial charge in [-0.05, 0) is 29.8 Å². The van der Waals surface area contributed by atoms with Crippen LogP contribution in [-0.4, -0.2) is 11.1 Å². The molecular weight excluding hydrogens is 290 g/mol. The van der Waals surface area contributed by atoms with Crippen molar-refractivity contribution in [2.75, 3.05) is 0 Å². The third-order valence-electron chi connectivity index (χ3n) is 2.57. The first-order chi connectivity index (χ1) is 9.49. The summed E-state index contributed by atoms with van der Waals surface area (Å²) >= 11 is 5.60. The van der Waals surface area contributed by atoms with Crippen molar-refractivity contribution in [1.82, 2.24) is 0 Å². The number of ether oxygens (including phenoxy) is 1. The molecule has 0 aromatic heterocycles. The van der Waals surface area contributed by atoms with E-state index in [1.807, 2.05) is 0 Å². The van der Waals surface area contributed by atoms with Gasteiger partial charge in [-0.3, -0.25) is 0 Å². The summed E-state index contributed by atoms with van der Waals surface area (Å²) in [6, 6.07) is 7.82. The number of rotatable bonds is 4. The molecule has 0 atom stereocenters. The van der Waals surface area contributed by atoms with Gasteiger partial charge in [-0.15, -0.1) is 0 Å². The molecule has 2 rings (SSSR count). The molecule has 0 aliphatic rings. The van der Waals surface area contributed by atoms with Crippen molar-refractivity contribution in [2.45, 2.75) is 6.61 Å². The van der Waals surface area contributed by atoms with Crippen LogP contribution in [0, 0.1) is 11.6 Å². The zero-order valence-electron chi connectivity index (χ0n) is 10.1. The van der Waals surface area contributed by atoms with Crippen LogP contribution in [0.1, 0.15) is 15.9 Å². The number of carboxylic acid groups (broad SMARTS) is 1. The maximum atomic E-state index is 13.6. The Labute approximate surface area is 118 Å². The SMILES string of the molecule is O=C(O)c1cc(COc2cccc(Cl)c2F)ccc1F. The number of aromatic carboxylic acids is 1. The topological polar surface area (TPSA) is 46.5 Å². The Morgan fingerprint density at radius 2 is 2.00 bits per heavy atom. The van der Waals surface area contributed by atoms with Gasteiger partial charge in [0.25, 0.3) is 0 Å². The number of hydrogen-bond donors (Lipinski definition) is 1. The Balaban J connectivity index is 2.17. The highest BCUT2D eigenvalue weighted by Gasteiger charge is 2.12. The number of benzene rings is 2. The molecule has 20 heavy (non-hydrogen) atoms. The van der Waals surface area contributed by atoms with Crippen LogP contribution in [0.2, 0.25) is 5.02 Å². The van der Waals surface area contributed by atoms with E-state index in [9.17, 15) is 13.6 Å². The van der Waals surface area contributed by atoms with Gasteiger partial charge in [-0.1, -0.05) is 23.7 Å². The summed E-state index contributed by atoms with van der Waals surface area (Å²) in [7, 11) is 0. The summed E-state index contributed by atoms with van der Waals surface area (Å²) in [6.45, 7) is -0.0994. The Hall–Kier alpha value is -2.14. The number of carboxylic acids is 1. The fourth-order valence-electron chi connectivity index (χ4n) is 1.58. The lowest BCUT2D eigenvalue weighted by atomic mass is 10.1. The second kappa shape index (κ2) is 5.88. The van der Waals surface area contributed by atoms with E-state index in [2.05, 4.69) is 0 Å². The van der Waals surface area contributed by atoms with Crippen LogP contribution in [0.15, 0.2) is 36.4 Å². The van der Waals surface area contributed by atoms with Gasteiger partial charge in [0.1, 0.15) is 12.4 Å². The van der Waals surface area contributed by atoms with Crippen molar-refractivity contribution in [3.8, 4) is 5.75 Å². The second-order valence-corrected chi connectivity index (χ2v) is 4.37. The smallest absolute Gasteiger partial charge is 0.338 e. The quantitative estimate of drug-likeness (QED) is 0.931. The first kappa shape index (κ1) is 14.3. The molecule has 0 fully saturated rings. The average molecular weight is 299 g/mol. The highest BCUT2D eigenvalue weighted by atomic mass is 35.5. The molecule has 1 N–H and O–H groups in total. The minimum atomic E-state index is -1.38. The van der Waals surface area contributed by atoms with Crippen molar-refractivity contribution < 1.29 is 23.4 Å². The average Bonchev–Trinajstić information content (AvgIpc) is 2.41. The molecular formula is C14H9ClF2O3. The van der Waals surface area contributed by atoms with E-state index in [-0.39, 0.29) is 17.4 Å². The monoisotopic (exact) mass is 298 g/mol. The number of halogens is 3. The predicted molar refractivity (Wildman–Crippen MR) is 69.1 cm³/mol. The van der Waals surface area contributed by atoms with Gasteiger partial charge < -0.3 is 9.84 Å². The lowest BCUT2D eigenvalue weighted by Gasteiger charge is -2.08. The Morgan fingerprint density at radius 1 is 1.25 bits per heavy atom. The van der Waals surface area contributed by atoms with Gasteiger partial charge in [-0.2, -0.15) is 0 Å². The highest BCUT2D eigenvalue weighted by Crippen LogP contribution is 2.25. The molecule has 2 aromatic rings. The first-order valence-corrected chi connectivity index (χ1v) is 5.95. The highest BCUT2D eigenvalue weighted by molar-refractivity contribution is 6.30. The van der Waals surface area contributed by atoms with E-state index in [1.54, 1.807) is 0 Å². The molecule has 0 radical (unpaired) electrons. The van der Waals surface area contributed by atoms with Crippen LogP contribution in [0.5, 0.6) is 5.75 Å².